The van der Waals surface area contributed by atoms with Crippen molar-refractivity contribution in [2.75, 3.05) is 0 Å². The molecular formula is C18H15NO4. The van der Waals surface area contributed by atoms with Crippen LogP contribution in [-0.4, -0.2) is 21.2 Å². The summed E-state index contributed by atoms with van der Waals surface area (Å²) in [5.41, 5.74) is 0.871. The van der Waals surface area contributed by atoms with E-state index in [1.54, 1.807) is 37.5 Å². The van der Waals surface area contributed by atoms with Crippen molar-refractivity contribution >= 4 is 16.7 Å². The second kappa shape index (κ2) is 5.96. The van der Waals surface area contributed by atoms with Crippen LogP contribution in [0, 0.1) is 0 Å². The van der Waals surface area contributed by atoms with Crippen molar-refractivity contribution in [3.63, 3.8) is 0 Å². The molecule has 0 saturated heterocycles. The van der Waals surface area contributed by atoms with Crippen molar-refractivity contribution in [1.82, 2.24) is 4.98 Å². The summed E-state index contributed by atoms with van der Waals surface area (Å²) in [4.78, 5) is 16.2. The number of esters is 1. The summed E-state index contributed by atoms with van der Waals surface area (Å²) in [5.74, 6) is -0.695. The molecule has 0 unspecified atom stereocenters. The molecule has 0 fully saturated rings. The smallest absolute Gasteiger partial charge is 0.342 e. The summed E-state index contributed by atoms with van der Waals surface area (Å²) in [7, 11) is 0. The Labute approximate surface area is 132 Å². The number of aromatic hydroxyl groups is 2. The van der Waals surface area contributed by atoms with Gasteiger partial charge in [0.2, 0.25) is 0 Å². The van der Waals surface area contributed by atoms with E-state index in [0.717, 1.165) is 10.9 Å². The van der Waals surface area contributed by atoms with Gasteiger partial charge in [0.05, 0.1) is 0 Å². The Morgan fingerprint density at radius 2 is 1.78 bits per heavy atom. The van der Waals surface area contributed by atoms with E-state index in [1.807, 2.05) is 0 Å². The largest absolute Gasteiger partial charge is 0.508 e. The molecule has 0 radical (unpaired) electrons. The highest BCUT2D eigenvalue weighted by Gasteiger charge is 2.18. The van der Waals surface area contributed by atoms with Gasteiger partial charge in [-0.15, -0.1) is 0 Å². The van der Waals surface area contributed by atoms with Crippen molar-refractivity contribution in [1.29, 1.82) is 0 Å². The van der Waals surface area contributed by atoms with Crippen molar-refractivity contribution in [2.24, 2.45) is 0 Å². The standard InChI is InChI=1S/C18H15NO4/c1-11(12-4-6-19-7-5-12)23-18(22)16-9-14-8-15(20)3-2-13(14)10-17(16)21/h2-11,20-21H,1H3/t11-/m1/s1. The Balaban J connectivity index is 1.90. The molecule has 0 amide bonds. The van der Waals surface area contributed by atoms with Gasteiger partial charge in [-0.25, -0.2) is 4.79 Å². The lowest BCUT2D eigenvalue weighted by Crippen LogP contribution is -2.09. The third-order valence-electron chi connectivity index (χ3n) is 3.62. The molecule has 0 aliphatic heterocycles. The average Bonchev–Trinajstić information content (AvgIpc) is 2.55. The van der Waals surface area contributed by atoms with E-state index in [9.17, 15) is 15.0 Å². The van der Waals surface area contributed by atoms with E-state index in [0.29, 0.717) is 5.39 Å². The van der Waals surface area contributed by atoms with Crippen molar-refractivity contribution in [3.8, 4) is 11.5 Å². The van der Waals surface area contributed by atoms with Crippen molar-refractivity contribution in [2.45, 2.75) is 13.0 Å². The van der Waals surface area contributed by atoms with Gasteiger partial charge in [0.1, 0.15) is 23.2 Å². The minimum Gasteiger partial charge on any atom is -0.508 e. The van der Waals surface area contributed by atoms with Gasteiger partial charge in [0, 0.05) is 12.4 Å². The highest BCUT2D eigenvalue weighted by atomic mass is 16.5. The minimum atomic E-state index is -0.628. The number of aromatic nitrogens is 1. The van der Waals surface area contributed by atoms with Crippen molar-refractivity contribution in [3.05, 3.63) is 66.0 Å². The van der Waals surface area contributed by atoms with Crippen LogP contribution >= 0.6 is 0 Å². The third kappa shape index (κ3) is 3.08. The van der Waals surface area contributed by atoms with Gasteiger partial charge in [-0.1, -0.05) is 6.07 Å². The summed E-state index contributed by atoms with van der Waals surface area (Å²) >= 11 is 0. The molecule has 3 rings (SSSR count). The number of phenolic OH excluding ortho intramolecular Hbond substituents is 2. The summed E-state index contributed by atoms with van der Waals surface area (Å²) in [6.07, 6.45) is 2.77. The van der Waals surface area contributed by atoms with E-state index in [-0.39, 0.29) is 17.1 Å². The second-order valence-corrected chi connectivity index (χ2v) is 5.23. The Morgan fingerprint density at radius 1 is 1.04 bits per heavy atom. The first kappa shape index (κ1) is 14.8. The number of nitrogens with zero attached hydrogens (tertiary/aromatic N) is 1. The predicted octanol–water partition coefficient (Wildman–Crippen LogP) is 3.56. The number of phenols is 2. The van der Waals surface area contributed by atoms with E-state index >= 15 is 0 Å². The number of hydrogen-bond donors (Lipinski definition) is 2. The first-order valence-corrected chi connectivity index (χ1v) is 7.11. The Bertz CT molecular complexity index is 862. The van der Waals surface area contributed by atoms with Gasteiger partial charge in [-0.05, 0) is 59.7 Å². The number of rotatable bonds is 3. The first-order chi connectivity index (χ1) is 11.0. The van der Waals surface area contributed by atoms with Crippen LogP contribution in [0.2, 0.25) is 0 Å². The van der Waals surface area contributed by atoms with E-state index in [2.05, 4.69) is 4.98 Å². The molecule has 0 aliphatic rings. The molecule has 5 nitrogen and oxygen atoms in total. The highest BCUT2D eigenvalue weighted by Crippen LogP contribution is 2.29. The maximum Gasteiger partial charge on any atom is 0.342 e. The predicted molar refractivity (Wildman–Crippen MR) is 85.3 cm³/mol. The monoisotopic (exact) mass is 309 g/mol. The summed E-state index contributed by atoms with van der Waals surface area (Å²) in [6.45, 7) is 1.75. The van der Waals surface area contributed by atoms with Crippen LogP contribution in [0.25, 0.3) is 10.8 Å². The van der Waals surface area contributed by atoms with Gasteiger partial charge in [0.15, 0.2) is 0 Å². The van der Waals surface area contributed by atoms with Gasteiger partial charge >= 0.3 is 5.97 Å². The Kier molecular flexibility index (Phi) is 3.85. The van der Waals surface area contributed by atoms with Crippen LogP contribution in [-0.2, 0) is 4.74 Å². The molecule has 1 aromatic heterocycles. The normalized spacial score (nSPS) is 12.0. The lowest BCUT2D eigenvalue weighted by Gasteiger charge is -2.14. The summed E-state index contributed by atoms with van der Waals surface area (Å²) in [5, 5.41) is 21.0. The number of benzene rings is 2. The number of pyridine rings is 1. The van der Waals surface area contributed by atoms with Crippen LogP contribution in [0.5, 0.6) is 11.5 Å². The molecule has 1 atom stereocenters. The highest BCUT2D eigenvalue weighted by molar-refractivity contribution is 5.99. The molecule has 0 aliphatic carbocycles. The topological polar surface area (TPSA) is 79.7 Å². The molecule has 1 heterocycles. The fourth-order valence-corrected chi connectivity index (χ4v) is 2.36. The average molecular weight is 309 g/mol. The maximum absolute atomic E-state index is 12.3. The van der Waals surface area contributed by atoms with Crippen LogP contribution in [0.4, 0.5) is 0 Å². The van der Waals surface area contributed by atoms with Gasteiger partial charge < -0.3 is 14.9 Å². The van der Waals surface area contributed by atoms with Crippen LogP contribution in [0.1, 0.15) is 28.9 Å². The molecule has 0 spiro atoms. The van der Waals surface area contributed by atoms with Gasteiger partial charge in [-0.3, -0.25) is 4.98 Å². The number of ether oxygens (including phenoxy) is 1. The lowest BCUT2D eigenvalue weighted by molar-refractivity contribution is 0.0334. The molecule has 5 heteroatoms. The number of fused-ring (bicyclic) bond motifs is 1. The summed E-state index contributed by atoms with van der Waals surface area (Å²) < 4.78 is 5.39. The summed E-state index contributed by atoms with van der Waals surface area (Å²) in [6, 6.07) is 11.2. The van der Waals surface area contributed by atoms with Gasteiger partial charge in [-0.2, -0.15) is 0 Å². The quantitative estimate of drug-likeness (QED) is 0.723. The fraction of sp³-hybridized carbons (Fsp3) is 0.111. The molecular weight excluding hydrogens is 294 g/mol. The zero-order chi connectivity index (χ0) is 16.4. The Hall–Kier alpha value is -3.08. The minimum absolute atomic E-state index is 0.0593. The number of carbonyl (C=O) groups is 1. The first-order valence-electron chi connectivity index (χ1n) is 7.11. The molecule has 116 valence electrons. The SMILES string of the molecule is C[C@@H](OC(=O)c1cc2cc(O)ccc2cc1O)c1ccncc1. The van der Waals surface area contributed by atoms with Crippen LogP contribution in [0.15, 0.2) is 54.9 Å². The number of hydrogen-bond acceptors (Lipinski definition) is 5. The molecule has 2 aromatic carbocycles. The van der Waals surface area contributed by atoms with E-state index in [4.69, 9.17) is 4.74 Å². The zero-order valence-electron chi connectivity index (χ0n) is 12.4. The Morgan fingerprint density at radius 3 is 2.52 bits per heavy atom. The van der Waals surface area contributed by atoms with E-state index < -0.39 is 12.1 Å². The third-order valence-corrected chi connectivity index (χ3v) is 3.62. The van der Waals surface area contributed by atoms with Gasteiger partial charge in [0.25, 0.3) is 0 Å². The van der Waals surface area contributed by atoms with Crippen LogP contribution < -0.4 is 0 Å². The molecule has 0 bridgehead atoms. The van der Waals surface area contributed by atoms with Crippen molar-refractivity contribution < 1.29 is 19.7 Å². The zero-order valence-corrected chi connectivity index (χ0v) is 12.4. The van der Waals surface area contributed by atoms with Crippen LogP contribution in [0.3, 0.4) is 0 Å². The van der Waals surface area contributed by atoms with E-state index in [1.165, 1.54) is 24.3 Å². The second-order valence-electron chi connectivity index (χ2n) is 5.23. The molecule has 2 N–H and O–H groups in total. The fourth-order valence-electron chi connectivity index (χ4n) is 2.36. The maximum atomic E-state index is 12.3. The molecule has 3 aromatic rings. The molecule has 0 saturated carbocycles. The molecule has 23 heavy (non-hydrogen) atoms. The number of carbonyl (C=O) groups excluding carboxylic acids is 1. The lowest BCUT2D eigenvalue weighted by atomic mass is 10.1.